The fourth-order valence-electron chi connectivity index (χ4n) is 2.62. The highest BCUT2D eigenvalue weighted by molar-refractivity contribution is 7.13. The zero-order chi connectivity index (χ0) is 16.6. The highest BCUT2D eigenvalue weighted by Crippen LogP contribution is 2.33. The van der Waals surface area contributed by atoms with E-state index in [0.717, 1.165) is 0 Å². The van der Waals surface area contributed by atoms with Gasteiger partial charge in [-0.3, -0.25) is 4.79 Å². The highest BCUT2D eigenvalue weighted by Gasteiger charge is 2.35. The highest BCUT2D eigenvalue weighted by atomic mass is 35.5. The number of halogens is 2. The third-order valence-corrected chi connectivity index (χ3v) is 5.17. The Morgan fingerprint density at radius 2 is 2.22 bits per heavy atom. The van der Waals surface area contributed by atoms with Crippen molar-refractivity contribution in [3.8, 4) is 10.6 Å². The summed E-state index contributed by atoms with van der Waals surface area (Å²) in [5, 5.41) is 22.3. The van der Waals surface area contributed by atoms with Crippen LogP contribution in [0.2, 0.25) is 10.0 Å². The Balaban J connectivity index is 1.85. The van der Waals surface area contributed by atoms with Gasteiger partial charge in [-0.2, -0.15) is 0 Å². The minimum absolute atomic E-state index is 0.178. The normalized spacial score (nSPS) is 21.0. The number of hydrogen-bond acceptors (Lipinski definition) is 5. The number of benzene rings is 1. The average Bonchev–Trinajstić information content (AvgIpc) is 3.13. The van der Waals surface area contributed by atoms with Crippen LogP contribution < -0.4 is 0 Å². The van der Waals surface area contributed by atoms with Gasteiger partial charge in [-0.1, -0.05) is 23.2 Å². The molecule has 2 atom stereocenters. The molecule has 0 aliphatic carbocycles. The summed E-state index contributed by atoms with van der Waals surface area (Å²) in [5.74, 6) is -0.298. The first-order chi connectivity index (χ1) is 11.0. The maximum absolute atomic E-state index is 12.5. The molecule has 0 saturated carbocycles. The molecule has 5 nitrogen and oxygen atoms in total. The SMILES string of the molecule is O=C(c1csc(-c2ccc(Cl)cc2Cl)n1)N1C[C@H](O)C[C@H]1CO. The molecule has 1 aliphatic heterocycles. The number of carbonyl (C=O) groups excluding carboxylic acids is 1. The standard InChI is InChI=1S/C15H14Cl2N2O3S/c16-8-1-2-11(12(17)3-8)14-18-13(7-23-14)15(22)19-5-10(21)4-9(19)6-20/h1-3,7,9-10,20-21H,4-6H2/t9-,10+/m0/s1. The Morgan fingerprint density at radius 3 is 2.91 bits per heavy atom. The lowest BCUT2D eigenvalue weighted by Crippen LogP contribution is -2.38. The summed E-state index contributed by atoms with van der Waals surface area (Å²) in [7, 11) is 0. The molecule has 8 heteroatoms. The number of hydrogen-bond donors (Lipinski definition) is 2. The minimum Gasteiger partial charge on any atom is -0.394 e. The van der Waals surface area contributed by atoms with Crippen molar-refractivity contribution in [2.75, 3.05) is 13.2 Å². The Kier molecular flexibility index (Phi) is 4.89. The van der Waals surface area contributed by atoms with Gasteiger partial charge in [0.2, 0.25) is 0 Å². The fraction of sp³-hybridized carbons (Fsp3) is 0.333. The number of thiazole rings is 1. The molecular formula is C15H14Cl2N2O3S. The van der Waals surface area contributed by atoms with E-state index in [2.05, 4.69) is 4.98 Å². The molecule has 0 unspecified atom stereocenters. The van der Waals surface area contributed by atoms with Gasteiger partial charge in [0.1, 0.15) is 10.7 Å². The number of nitrogens with zero attached hydrogens (tertiary/aromatic N) is 2. The molecule has 1 amide bonds. The first-order valence-electron chi connectivity index (χ1n) is 7.00. The van der Waals surface area contributed by atoms with Crippen LogP contribution in [0.25, 0.3) is 10.6 Å². The lowest BCUT2D eigenvalue weighted by atomic mass is 10.2. The van der Waals surface area contributed by atoms with Crippen LogP contribution in [-0.4, -0.2) is 51.3 Å². The largest absolute Gasteiger partial charge is 0.394 e. The summed E-state index contributed by atoms with van der Waals surface area (Å²) < 4.78 is 0. The Bertz CT molecular complexity index is 737. The molecule has 2 heterocycles. The molecule has 1 aliphatic rings. The van der Waals surface area contributed by atoms with Gasteiger partial charge in [0, 0.05) is 22.5 Å². The number of carbonyl (C=O) groups is 1. The van der Waals surface area contributed by atoms with Gasteiger partial charge in [0.25, 0.3) is 5.91 Å². The summed E-state index contributed by atoms with van der Waals surface area (Å²) in [6, 6.07) is 4.72. The smallest absolute Gasteiger partial charge is 0.273 e. The topological polar surface area (TPSA) is 73.7 Å². The van der Waals surface area contributed by atoms with Crippen molar-refractivity contribution >= 4 is 40.4 Å². The monoisotopic (exact) mass is 372 g/mol. The summed E-state index contributed by atoms with van der Waals surface area (Å²) in [4.78, 5) is 18.4. The van der Waals surface area contributed by atoms with Crippen molar-refractivity contribution in [2.24, 2.45) is 0 Å². The van der Waals surface area contributed by atoms with Gasteiger partial charge in [0.05, 0.1) is 23.8 Å². The fourth-order valence-corrected chi connectivity index (χ4v) is 4.01. The lowest BCUT2D eigenvalue weighted by molar-refractivity contribution is 0.0660. The second-order valence-corrected chi connectivity index (χ2v) is 7.05. The van der Waals surface area contributed by atoms with Crippen molar-refractivity contribution in [1.29, 1.82) is 0 Å². The Hall–Kier alpha value is -1.18. The third-order valence-electron chi connectivity index (χ3n) is 3.75. The zero-order valence-corrected chi connectivity index (χ0v) is 14.3. The van der Waals surface area contributed by atoms with Gasteiger partial charge in [0.15, 0.2) is 0 Å². The molecule has 1 saturated heterocycles. The third kappa shape index (κ3) is 3.36. The van der Waals surface area contributed by atoms with Crippen molar-refractivity contribution in [2.45, 2.75) is 18.6 Å². The lowest BCUT2D eigenvalue weighted by Gasteiger charge is -2.21. The van der Waals surface area contributed by atoms with Crippen molar-refractivity contribution < 1.29 is 15.0 Å². The molecular weight excluding hydrogens is 359 g/mol. The number of rotatable bonds is 3. The zero-order valence-electron chi connectivity index (χ0n) is 11.9. The van der Waals surface area contributed by atoms with E-state index in [1.165, 1.54) is 16.2 Å². The van der Waals surface area contributed by atoms with Gasteiger partial charge < -0.3 is 15.1 Å². The van der Waals surface area contributed by atoms with Gasteiger partial charge in [-0.15, -0.1) is 11.3 Å². The number of aliphatic hydroxyl groups excluding tert-OH is 2. The van der Waals surface area contributed by atoms with Crippen LogP contribution in [0.3, 0.4) is 0 Å². The van der Waals surface area contributed by atoms with Gasteiger partial charge >= 0.3 is 0 Å². The summed E-state index contributed by atoms with van der Waals surface area (Å²) in [6.45, 7) is 0.0292. The predicted octanol–water partition coefficient (Wildman–Crippen LogP) is 2.68. The minimum atomic E-state index is -0.611. The van der Waals surface area contributed by atoms with Gasteiger partial charge in [-0.25, -0.2) is 4.98 Å². The molecule has 1 fully saturated rings. The van der Waals surface area contributed by atoms with E-state index in [4.69, 9.17) is 23.2 Å². The first kappa shape index (κ1) is 16.7. The number of amides is 1. The average molecular weight is 373 g/mol. The molecule has 0 spiro atoms. The Morgan fingerprint density at radius 1 is 1.43 bits per heavy atom. The summed E-state index contributed by atoms with van der Waals surface area (Å²) in [5.41, 5.74) is 0.990. The van der Waals surface area contributed by atoms with Crippen LogP contribution in [0.1, 0.15) is 16.9 Å². The van der Waals surface area contributed by atoms with Crippen LogP contribution in [0, 0.1) is 0 Å². The van der Waals surface area contributed by atoms with E-state index in [1.54, 1.807) is 23.6 Å². The van der Waals surface area contributed by atoms with E-state index >= 15 is 0 Å². The molecule has 2 aromatic rings. The molecule has 1 aromatic heterocycles. The summed E-state index contributed by atoms with van der Waals surface area (Å²) in [6.07, 6.45) is -0.234. The van der Waals surface area contributed by atoms with E-state index in [9.17, 15) is 15.0 Å². The number of likely N-dealkylation sites (tertiary alicyclic amines) is 1. The number of β-amino-alcohol motifs (C(OH)–C–C–N with tert-alkyl or cyclic N) is 1. The molecule has 2 N–H and O–H groups in total. The van der Waals surface area contributed by atoms with Crippen LogP contribution in [0.4, 0.5) is 0 Å². The van der Waals surface area contributed by atoms with E-state index in [1.807, 2.05) is 0 Å². The molecule has 0 radical (unpaired) electrons. The maximum Gasteiger partial charge on any atom is 0.273 e. The van der Waals surface area contributed by atoms with Crippen molar-refractivity contribution in [1.82, 2.24) is 9.88 Å². The van der Waals surface area contributed by atoms with E-state index < -0.39 is 6.10 Å². The van der Waals surface area contributed by atoms with Crippen LogP contribution in [0.15, 0.2) is 23.6 Å². The molecule has 23 heavy (non-hydrogen) atoms. The molecule has 3 rings (SSSR count). The summed E-state index contributed by atoms with van der Waals surface area (Å²) >= 11 is 13.4. The van der Waals surface area contributed by atoms with Crippen LogP contribution >= 0.6 is 34.5 Å². The predicted molar refractivity (Wildman–Crippen MR) is 90.1 cm³/mol. The second kappa shape index (κ2) is 6.75. The number of aromatic nitrogens is 1. The van der Waals surface area contributed by atoms with Gasteiger partial charge in [-0.05, 0) is 24.6 Å². The van der Waals surface area contributed by atoms with Crippen molar-refractivity contribution in [3.05, 3.63) is 39.3 Å². The van der Waals surface area contributed by atoms with Crippen molar-refractivity contribution in [3.63, 3.8) is 0 Å². The van der Waals surface area contributed by atoms with Crippen LogP contribution in [0.5, 0.6) is 0 Å². The quantitative estimate of drug-likeness (QED) is 0.868. The first-order valence-corrected chi connectivity index (χ1v) is 8.64. The maximum atomic E-state index is 12.5. The number of aliphatic hydroxyl groups is 2. The second-order valence-electron chi connectivity index (χ2n) is 5.35. The van der Waals surface area contributed by atoms with Crippen LogP contribution in [-0.2, 0) is 0 Å². The Labute approximate surface area is 147 Å². The molecule has 1 aromatic carbocycles. The van der Waals surface area contributed by atoms with E-state index in [-0.39, 0.29) is 30.8 Å². The molecule has 0 bridgehead atoms. The van der Waals surface area contributed by atoms with E-state index in [0.29, 0.717) is 27.0 Å². The molecule has 122 valence electrons.